The van der Waals surface area contributed by atoms with Gasteiger partial charge in [-0.15, -0.1) is 0 Å². The number of amides is 1. The summed E-state index contributed by atoms with van der Waals surface area (Å²) in [5.41, 5.74) is 0.301. The monoisotopic (exact) mass is 337 g/mol. The summed E-state index contributed by atoms with van der Waals surface area (Å²) in [6.45, 7) is 3.25. The van der Waals surface area contributed by atoms with Crippen LogP contribution in [0.25, 0.3) is 0 Å². The van der Waals surface area contributed by atoms with E-state index in [1.165, 1.54) is 26.4 Å². The van der Waals surface area contributed by atoms with Crippen LogP contribution in [0.4, 0.5) is 0 Å². The molecule has 2 atom stereocenters. The molecule has 1 rings (SSSR count). The Morgan fingerprint density at radius 3 is 2.25 bits per heavy atom. The molecule has 1 N–H and O–H groups in total. The molecular weight excluding hydrogens is 314 g/mol. The van der Waals surface area contributed by atoms with Gasteiger partial charge in [-0.1, -0.05) is 20.3 Å². The first kappa shape index (κ1) is 19.5. The van der Waals surface area contributed by atoms with Crippen LogP contribution in [-0.4, -0.2) is 44.7 Å². The van der Waals surface area contributed by atoms with Crippen molar-refractivity contribution in [1.82, 2.24) is 5.32 Å². The lowest BCUT2D eigenvalue weighted by Crippen LogP contribution is -2.47. The van der Waals surface area contributed by atoms with Crippen LogP contribution < -0.4 is 10.1 Å². The zero-order chi connectivity index (χ0) is 18.1. The number of hydrogen-bond acceptors (Lipinski definition) is 6. The summed E-state index contributed by atoms with van der Waals surface area (Å²) in [4.78, 5) is 35.5. The molecule has 0 aliphatic carbocycles. The summed E-state index contributed by atoms with van der Waals surface area (Å²) in [6, 6.07) is 5.54. The van der Waals surface area contributed by atoms with Crippen LogP contribution in [0.15, 0.2) is 24.3 Å². The normalized spacial score (nSPS) is 12.7. The largest absolute Gasteiger partial charge is 0.497 e. The Balaban J connectivity index is 2.57. The fraction of sp³-hybridized carbons (Fsp3) is 0.471. The van der Waals surface area contributed by atoms with Crippen molar-refractivity contribution in [2.45, 2.75) is 26.3 Å². The topological polar surface area (TPSA) is 90.9 Å². The molecule has 0 heterocycles. The van der Waals surface area contributed by atoms with Gasteiger partial charge in [0.25, 0.3) is 5.91 Å². The van der Waals surface area contributed by atoms with Gasteiger partial charge in [0.2, 0.25) is 0 Å². The van der Waals surface area contributed by atoms with E-state index in [0.717, 1.165) is 0 Å². The molecule has 0 aliphatic rings. The summed E-state index contributed by atoms with van der Waals surface area (Å²) < 4.78 is 14.6. The maximum absolute atomic E-state index is 11.9. The second kappa shape index (κ2) is 9.54. The van der Waals surface area contributed by atoms with Crippen LogP contribution in [0.1, 0.15) is 30.6 Å². The lowest BCUT2D eigenvalue weighted by Gasteiger charge is -2.21. The Labute approximate surface area is 141 Å². The molecular formula is C17H23NO6. The molecule has 7 heteroatoms. The van der Waals surface area contributed by atoms with Crippen molar-refractivity contribution < 1.29 is 28.6 Å². The van der Waals surface area contributed by atoms with E-state index in [9.17, 15) is 14.4 Å². The number of hydrogen-bond donors (Lipinski definition) is 1. The second-order valence-electron chi connectivity index (χ2n) is 5.26. The molecule has 0 aromatic heterocycles. The van der Waals surface area contributed by atoms with E-state index in [0.29, 0.717) is 17.7 Å². The van der Waals surface area contributed by atoms with E-state index in [1.54, 1.807) is 12.1 Å². The van der Waals surface area contributed by atoms with Gasteiger partial charge >= 0.3 is 11.9 Å². The molecule has 0 spiro atoms. The summed E-state index contributed by atoms with van der Waals surface area (Å²) in [5.74, 6) is -1.21. The van der Waals surface area contributed by atoms with Crippen LogP contribution in [0, 0.1) is 5.92 Å². The van der Waals surface area contributed by atoms with Crippen molar-refractivity contribution >= 4 is 17.8 Å². The van der Waals surface area contributed by atoms with Gasteiger partial charge in [-0.3, -0.25) is 4.79 Å². The molecule has 0 saturated heterocycles. The Hall–Kier alpha value is -2.57. The van der Waals surface area contributed by atoms with Gasteiger partial charge in [0.15, 0.2) is 6.61 Å². The Kier molecular flexibility index (Phi) is 7.74. The van der Waals surface area contributed by atoms with Crippen molar-refractivity contribution in [3.8, 4) is 5.75 Å². The van der Waals surface area contributed by atoms with Gasteiger partial charge in [0.05, 0.1) is 19.8 Å². The first-order chi connectivity index (χ1) is 11.4. The number of carbonyl (C=O) groups is 3. The lowest BCUT2D eigenvalue weighted by atomic mass is 9.99. The number of carbonyl (C=O) groups excluding carboxylic acids is 3. The minimum Gasteiger partial charge on any atom is -0.497 e. The molecule has 0 bridgehead atoms. The van der Waals surface area contributed by atoms with E-state index in [1.807, 2.05) is 13.8 Å². The van der Waals surface area contributed by atoms with Crippen LogP contribution >= 0.6 is 0 Å². The third kappa shape index (κ3) is 5.57. The predicted octanol–water partition coefficient (Wildman–Crippen LogP) is 1.56. The highest BCUT2D eigenvalue weighted by Gasteiger charge is 2.27. The summed E-state index contributed by atoms with van der Waals surface area (Å²) in [6.07, 6.45) is 0.686. The Morgan fingerprint density at radius 2 is 1.75 bits per heavy atom. The molecule has 2 unspecified atom stereocenters. The number of ether oxygens (including phenoxy) is 3. The Bertz CT molecular complexity index is 569. The quantitative estimate of drug-likeness (QED) is 0.724. The first-order valence-electron chi connectivity index (χ1n) is 7.61. The number of rotatable bonds is 8. The molecule has 1 aromatic rings. The SMILES string of the molecule is CCC(C)C(NC(=O)COC(=O)c1ccc(OC)cc1)C(=O)OC. The highest BCUT2D eigenvalue weighted by atomic mass is 16.5. The zero-order valence-corrected chi connectivity index (χ0v) is 14.3. The van der Waals surface area contributed by atoms with Crippen molar-refractivity contribution in [2.75, 3.05) is 20.8 Å². The summed E-state index contributed by atoms with van der Waals surface area (Å²) in [7, 11) is 2.78. The van der Waals surface area contributed by atoms with E-state index < -0.39 is 30.5 Å². The summed E-state index contributed by atoms with van der Waals surface area (Å²) >= 11 is 0. The molecule has 1 aromatic carbocycles. The standard InChI is InChI=1S/C17H23NO6/c1-5-11(2)15(17(21)23-4)18-14(19)10-24-16(20)12-6-8-13(22-3)9-7-12/h6-9,11,15H,5,10H2,1-4H3,(H,18,19). The maximum Gasteiger partial charge on any atom is 0.338 e. The van der Waals surface area contributed by atoms with Crippen molar-refractivity contribution in [2.24, 2.45) is 5.92 Å². The van der Waals surface area contributed by atoms with E-state index in [-0.39, 0.29) is 5.92 Å². The minimum absolute atomic E-state index is 0.0984. The number of methoxy groups -OCH3 is 2. The highest BCUT2D eigenvalue weighted by Crippen LogP contribution is 2.12. The average molecular weight is 337 g/mol. The fourth-order valence-electron chi connectivity index (χ4n) is 1.95. The third-order valence-corrected chi connectivity index (χ3v) is 3.64. The molecule has 24 heavy (non-hydrogen) atoms. The fourth-order valence-corrected chi connectivity index (χ4v) is 1.95. The van der Waals surface area contributed by atoms with Crippen molar-refractivity contribution in [1.29, 1.82) is 0 Å². The smallest absolute Gasteiger partial charge is 0.338 e. The minimum atomic E-state index is -0.771. The Morgan fingerprint density at radius 1 is 1.12 bits per heavy atom. The number of benzene rings is 1. The first-order valence-corrected chi connectivity index (χ1v) is 7.61. The highest BCUT2D eigenvalue weighted by molar-refractivity contribution is 5.92. The van der Waals surface area contributed by atoms with E-state index in [2.05, 4.69) is 10.1 Å². The van der Waals surface area contributed by atoms with E-state index in [4.69, 9.17) is 9.47 Å². The average Bonchev–Trinajstić information content (AvgIpc) is 2.62. The zero-order valence-electron chi connectivity index (χ0n) is 14.3. The molecule has 7 nitrogen and oxygen atoms in total. The van der Waals surface area contributed by atoms with Crippen molar-refractivity contribution in [3.63, 3.8) is 0 Å². The van der Waals surface area contributed by atoms with Gasteiger partial charge in [-0.25, -0.2) is 9.59 Å². The molecule has 0 radical (unpaired) electrons. The molecule has 132 valence electrons. The predicted molar refractivity (Wildman–Crippen MR) is 86.7 cm³/mol. The van der Waals surface area contributed by atoms with Crippen LogP contribution in [-0.2, 0) is 19.1 Å². The maximum atomic E-state index is 11.9. The van der Waals surface area contributed by atoms with Gasteiger partial charge in [0, 0.05) is 0 Å². The van der Waals surface area contributed by atoms with E-state index >= 15 is 0 Å². The van der Waals surface area contributed by atoms with Crippen LogP contribution in [0.5, 0.6) is 5.75 Å². The molecule has 0 fully saturated rings. The van der Waals surface area contributed by atoms with Crippen LogP contribution in [0.2, 0.25) is 0 Å². The third-order valence-electron chi connectivity index (χ3n) is 3.64. The summed E-state index contributed by atoms with van der Waals surface area (Å²) in [5, 5.41) is 2.53. The number of nitrogens with one attached hydrogen (secondary N) is 1. The number of esters is 2. The van der Waals surface area contributed by atoms with Gasteiger partial charge < -0.3 is 19.5 Å². The second-order valence-corrected chi connectivity index (χ2v) is 5.26. The lowest BCUT2D eigenvalue weighted by molar-refractivity contribution is -0.147. The molecule has 1 amide bonds. The molecule has 0 saturated carbocycles. The van der Waals surface area contributed by atoms with Crippen molar-refractivity contribution in [3.05, 3.63) is 29.8 Å². The van der Waals surface area contributed by atoms with Gasteiger partial charge in [-0.05, 0) is 30.2 Å². The van der Waals surface area contributed by atoms with Crippen LogP contribution in [0.3, 0.4) is 0 Å². The molecule has 0 aliphatic heterocycles. The van der Waals surface area contributed by atoms with Gasteiger partial charge in [-0.2, -0.15) is 0 Å². The van der Waals surface area contributed by atoms with Gasteiger partial charge in [0.1, 0.15) is 11.8 Å².